The molecule has 2 aromatic carbocycles. The molecule has 0 bridgehead atoms. The molecule has 1 heterocycles. The molecule has 1 N–H and O–H groups in total. The van der Waals surface area contributed by atoms with E-state index < -0.39 is 17.8 Å². The smallest absolute Gasteiger partial charge is 0.321 e. The summed E-state index contributed by atoms with van der Waals surface area (Å²) in [5.41, 5.74) is -0.865. The lowest BCUT2D eigenvalue weighted by molar-refractivity contribution is -0.141. The van der Waals surface area contributed by atoms with Crippen molar-refractivity contribution in [1.29, 1.82) is 0 Å². The molecule has 3 rings (SSSR count). The van der Waals surface area contributed by atoms with Crippen LogP contribution in [0.15, 0.2) is 59.1 Å². The van der Waals surface area contributed by atoms with Crippen LogP contribution in [0.3, 0.4) is 0 Å². The van der Waals surface area contributed by atoms with Crippen molar-refractivity contribution in [3.63, 3.8) is 0 Å². The van der Waals surface area contributed by atoms with E-state index in [2.05, 4.69) is 26.3 Å². The Bertz CT molecular complexity index is 955. The molecule has 0 fully saturated rings. The van der Waals surface area contributed by atoms with E-state index in [1.807, 2.05) is 0 Å². The van der Waals surface area contributed by atoms with Crippen molar-refractivity contribution >= 4 is 39.1 Å². The van der Waals surface area contributed by atoms with Gasteiger partial charge in [-0.2, -0.15) is 18.3 Å². The van der Waals surface area contributed by atoms with Crippen LogP contribution in [0.1, 0.15) is 16.2 Å². The molecular weight excluding hydrogens is 435 g/mol. The average molecular weight is 445 g/mol. The van der Waals surface area contributed by atoms with Crippen LogP contribution in [0.5, 0.6) is 0 Å². The zero-order chi connectivity index (χ0) is 18.9. The Morgan fingerprint density at radius 3 is 2.38 bits per heavy atom. The number of carbonyl (C=O) groups excluding carboxylic acids is 1. The van der Waals surface area contributed by atoms with Crippen LogP contribution in [0.2, 0.25) is 5.02 Å². The van der Waals surface area contributed by atoms with Gasteiger partial charge in [0.1, 0.15) is 5.69 Å². The van der Waals surface area contributed by atoms with Gasteiger partial charge >= 0.3 is 6.18 Å². The predicted octanol–water partition coefficient (Wildman–Crippen LogP) is 5.56. The number of para-hydroxylation sites is 1. The highest BCUT2D eigenvalue weighted by molar-refractivity contribution is 9.10. The molecule has 0 saturated heterocycles. The number of amides is 1. The Balaban J connectivity index is 2.04. The van der Waals surface area contributed by atoms with Crippen molar-refractivity contribution in [1.82, 2.24) is 9.78 Å². The van der Waals surface area contributed by atoms with Gasteiger partial charge in [0, 0.05) is 16.2 Å². The van der Waals surface area contributed by atoms with E-state index in [1.54, 1.807) is 36.4 Å². The Morgan fingerprint density at radius 2 is 1.77 bits per heavy atom. The van der Waals surface area contributed by atoms with E-state index in [1.165, 1.54) is 12.1 Å². The fourth-order valence-electron chi connectivity index (χ4n) is 2.22. The summed E-state index contributed by atoms with van der Waals surface area (Å²) < 4.78 is 40.9. The summed E-state index contributed by atoms with van der Waals surface area (Å²) in [7, 11) is 0. The SMILES string of the molecule is O=C(Nc1ccc(Br)cc1)c1cc(C(F)(F)F)nn1-c1ccccc1Cl. The normalized spacial score (nSPS) is 11.4. The molecule has 26 heavy (non-hydrogen) atoms. The van der Waals surface area contributed by atoms with Gasteiger partial charge in [-0.3, -0.25) is 4.79 Å². The molecule has 0 saturated carbocycles. The van der Waals surface area contributed by atoms with E-state index in [9.17, 15) is 18.0 Å². The van der Waals surface area contributed by atoms with Crippen molar-refractivity contribution in [2.24, 2.45) is 0 Å². The number of carbonyl (C=O) groups is 1. The Kier molecular flexibility index (Phi) is 5.06. The van der Waals surface area contributed by atoms with Gasteiger partial charge in [0.15, 0.2) is 5.69 Å². The molecule has 1 aromatic heterocycles. The lowest BCUT2D eigenvalue weighted by Gasteiger charge is -2.09. The summed E-state index contributed by atoms with van der Waals surface area (Å²) in [5, 5.41) is 6.25. The molecular formula is C17H10BrClF3N3O. The number of alkyl halides is 3. The Hall–Kier alpha value is -2.32. The molecule has 134 valence electrons. The number of nitrogens with zero attached hydrogens (tertiary/aromatic N) is 2. The summed E-state index contributed by atoms with van der Waals surface area (Å²) in [6.07, 6.45) is -4.70. The van der Waals surface area contributed by atoms with Gasteiger partial charge in [-0.1, -0.05) is 39.7 Å². The zero-order valence-electron chi connectivity index (χ0n) is 12.9. The Morgan fingerprint density at radius 1 is 1.12 bits per heavy atom. The molecule has 0 radical (unpaired) electrons. The zero-order valence-corrected chi connectivity index (χ0v) is 15.2. The molecule has 0 aliphatic carbocycles. The third kappa shape index (κ3) is 3.91. The maximum absolute atomic E-state index is 13.1. The molecule has 0 aliphatic rings. The largest absolute Gasteiger partial charge is 0.435 e. The highest BCUT2D eigenvalue weighted by atomic mass is 79.9. The number of aromatic nitrogens is 2. The number of benzene rings is 2. The molecule has 9 heteroatoms. The number of hydrogen-bond acceptors (Lipinski definition) is 2. The molecule has 0 atom stereocenters. The van der Waals surface area contributed by atoms with E-state index in [0.717, 1.165) is 9.15 Å². The van der Waals surface area contributed by atoms with Crippen molar-refractivity contribution < 1.29 is 18.0 Å². The lowest BCUT2D eigenvalue weighted by atomic mass is 10.2. The van der Waals surface area contributed by atoms with Crippen molar-refractivity contribution in [2.45, 2.75) is 6.18 Å². The van der Waals surface area contributed by atoms with Crippen LogP contribution in [0, 0.1) is 0 Å². The van der Waals surface area contributed by atoms with Gasteiger partial charge in [-0.15, -0.1) is 0 Å². The van der Waals surface area contributed by atoms with Crippen LogP contribution in [0.25, 0.3) is 5.69 Å². The highest BCUT2D eigenvalue weighted by Crippen LogP contribution is 2.31. The maximum Gasteiger partial charge on any atom is 0.435 e. The molecule has 4 nitrogen and oxygen atoms in total. The fourth-order valence-corrected chi connectivity index (χ4v) is 2.70. The van der Waals surface area contributed by atoms with Crippen molar-refractivity contribution in [3.05, 3.63) is 75.5 Å². The molecule has 1 amide bonds. The van der Waals surface area contributed by atoms with Gasteiger partial charge in [-0.05, 0) is 36.4 Å². The summed E-state index contributed by atoms with van der Waals surface area (Å²) in [4.78, 5) is 12.6. The van der Waals surface area contributed by atoms with Crippen molar-refractivity contribution in [3.8, 4) is 5.69 Å². The topological polar surface area (TPSA) is 46.9 Å². The predicted molar refractivity (Wildman–Crippen MR) is 95.7 cm³/mol. The third-order valence-electron chi connectivity index (χ3n) is 3.42. The first kappa shape index (κ1) is 18.5. The van der Waals surface area contributed by atoms with E-state index in [-0.39, 0.29) is 16.4 Å². The minimum Gasteiger partial charge on any atom is -0.321 e. The lowest BCUT2D eigenvalue weighted by Crippen LogP contribution is -2.17. The first-order chi connectivity index (χ1) is 12.3. The minimum atomic E-state index is -4.70. The van der Waals surface area contributed by atoms with Crippen LogP contribution >= 0.6 is 27.5 Å². The van der Waals surface area contributed by atoms with Gasteiger partial charge < -0.3 is 5.32 Å². The second-order valence-electron chi connectivity index (χ2n) is 5.24. The highest BCUT2D eigenvalue weighted by Gasteiger charge is 2.36. The number of rotatable bonds is 3. The van der Waals surface area contributed by atoms with E-state index >= 15 is 0 Å². The Labute approximate surface area is 159 Å². The first-order valence-electron chi connectivity index (χ1n) is 7.25. The monoisotopic (exact) mass is 443 g/mol. The summed E-state index contributed by atoms with van der Waals surface area (Å²) in [6, 6.07) is 13.5. The van der Waals surface area contributed by atoms with Crippen LogP contribution < -0.4 is 5.32 Å². The average Bonchev–Trinajstić information content (AvgIpc) is 3.03. The van der Waals surface area contributed by atoms with Gasteiger partial charge in [0.2, 0.25) is 0 Å². The summed E-state index contributed by atoms with van der Waals surface area (Å²) >= 11 is 9.32. The molecule has 0 unspecified atom stereocenters. The van der Waals surface area contributed by atoms with Crippen LogP contribution in [-0.2, 0) is 6.18 Å². The van der Waals surface area contributed by atoms with Crippen molar-refractivity contribution in [2.75, 3.05) is 5.32 Å². The second-order valence-corrected chi connectivity index (χ2v) is 6.56. The second kappa shape index (κ2) is 7.13. The number of halogens is 5. The summed E-state index contributed by atoms with van der Waals surface area (Å²) in [5.74, 6) is -0.741. The first-order valence-corrected chi connectivity index (χ1v) is 8.42. The van der Waals surface area contributed by atoms with Gasteiger partial charge in [0.05, 0.1) is 10.7 Å². The van der Waals surface area contributed by atoms with Crippen LogP contribution in [0.4, 0.5) is 18.9 Å². The van der Waals surface area contributed by atoms with E-state index in [0.29, 0.717) is 11.8 Å². The number of hydrogen-bond donors (Lipinski definition) is 1. The van der Waals surface area contributed by atoms with E-state index in [4.69, 9.17) is 11.6 Å². The van der Waals surface area contributed by atoms with Crippen LogP contribution in [-0.4, -0.2) is 15.7 Å². The maximum atomic E-state index is 13.1. The summed E-state index contributed by atoms with van der Waals surface area (Å²) in [6.45, 7) is 0. The fraction of sp³-hybridized carbons (Fsp3) is 0.0588. The number of nitrogens with one attached hydrogen (secondary N) is 1. The molecule has 0 aliphatic heterocycles. The molecule has 3 aromatic rings. The number of anilines is 1. The van der Waals surface area contributed by atoms with Gasteiger partial charge in [0.25, 0.3) is 5.91 Å². The molecule has 0 spiro atoms. The third-order valence-corrected chi connectivity index (χ3v) is 4.26. The quantitative estimate of drug-likeness (QED) is 0.575. The minimum absolute atomic E-state index is 0.169. The van der Waals surface area contributed by atoms with Gasteiger partial charge in [-0.25, -0.2) is 4.68 Å². The standard InChI is InChI=1S/C17H10BrClF3N3O/c18-10-5-7-11(8-6-10)23-16(26)14-9-15(17(20,21)22)24-25(14)13-4-2-1-3-12(13)19/h1-9H,(H,23,26).